The number of thiazole rings is 1. The van der Waals surface area contributed by atoms with Gasteiger partial charge >= 0.3 is 0 Å². The van der Waals surface area contributed by atoms with Gasteiger partial charge in [0.1, 0.15) is 23.6 Å². The second-order valence-corrected chi connectivity index (χ2v) is 10.4. The molecule has 6 rings (SSSR count). The Morgan fingerprint density at radius 2 is 1.82 bits per heavy atom. The summed E-state index contributed by atoms with van der Waals surface area (Å²) in [6.45, 7) is 2.11. The molecule has 0 bridgehead atoms. The summed E-state index contributed by atoms with van der Waals surface area (Å²) in [5.74, 6) is -0.765. The number of carbonyl (C=O) groups excluding carboxylic acids is 2. The van der Waals surface area contributed by atoms with Crippen LogP contribution < -0.4 is 9.64 Å². The molecule has 3 heterocycles. The molecule has 1 atom stereocenters. The highest BCUT2D eigenvalue weighted by molar-refractivity contribution is 7.22. The van der Waals surface area contributed by atoms with Crippen molar-refractivity contribution in [2.75, 3.05) is 4.90 Å². The van der Waals surface area contributed by atoms with E-state index in [9.17, 15) is 14.7 Å². The van der Waals surface area contributed by atoms with Crippen LogP contribution in [0.1, 0.15) is 33.5 Å². The van der Waals surface area contributed by atoms with Gasteiger partial charge in [0, 0.05) is 0 Å². The molecule has 1 amide bonds. The van der Waals surface area contributed by atoms with Crippen LogP contribution in [0.5, 0.6) is 5.75 Å². The summed E-state index contributed by atoms with van der Waals surface area (Å²) < 4.78 is 12.2. The van der Waals surface area contributed by atoms with Gasteiger partial charge in [-0.1, -0.05) is 71.5 Å². The van der Waals surface area contributed by atoms with Crippen LogP contribution in [0, 0.1) is 6.92 Å². The first-order chi connectivity index (χ1) is 18.9. The van der Waals surface area contributed by atoms with Gasteiger partial charge in [0.15, 0.2) is 16.7 Å². The maximum atomic E-state index is 13.6. The van der Waals surface area contributed by atoms with Gasteiger partial charge in [-0.05, 0) is 54.4 Å². The number of aromatic nitrogens is 1. The van der Waals surface area contributed by atoms with Crippen LogP contribution in [0.3, 0.4) is 0 Å². The van der Waals surface area contributed by atoms with Crippen molar-refractivity contribution < 1.29 is 23.8 Å². The molecule has 39 heavy (non-hydrogen) atoms. The third-order valence-electron chi connectivity index (χ3n) is 6.43. The first-order valence-corrected chi connectivity index (χ1v) is 13.3. The lowest BCUT2D eigenvalue weighted by Crippen LogP contribution is -2.30. The van der Waals surface area contributed by atoms with Crippen LogP contribution in [-0.4, -0.2) is 21.8 Å². The Bertz CT molecular complexity index is 1740. The quantitative estimate of drug-likeness (QED) is 0.213. The minimum atomic E-state index is -0.946. The minimum Gasteiger partial charge on any atom is -0.503 e. The smallest absolute Gasteiger partial charge is 0.296 e. The summed E-state index contributed by atoms with van der Waals surface area (Å²) in [7, 11) is 0. The molecule has 0 radical (unpaired) electrons. The van der Waals surface area contributed by atoms with Crippen molar-refractivity contribution in [3.63, 3.8) is 0 Å². The molecule has 0 saturated heterocycles. The molecule has 0 saturated carbocycles. The molecule has 0 spiro atoms. The van der Waals surface area contributed by atoms with Gasteiger partial charge in [0.2, 0.25) is 5.78 Å². The number of furan rings is 1. The van der Waals surface area contributed by atoms with Crippen molar-refractivity contribution in [3.05, 3.63) is 124 Å². The monoisotopic (exact) mass is 556 g/mol. The van der Waals surface area contributed by atoms with Gasteiger partial charge in [-0.2, -0.15) is 0 Å². The Balaban J connectivity index is 1.40. The van der Waals surface area contributed by atoms with Crippen LogP contribution in [0.2, 0.25) is 5.02 Å². The Kier molecular flexibility index (Phi) is 6.42. The third kappa shape index (κ3) is 4.58. The van der Waals surface area contributed by atoms with Crippen LogP contribution in [-0.2, 0) is 11.4 Å². The summed E-state index contributed by atoms with van der Waals surface area (Å²) in [4.78, 5) is 33.0. The lowest BCUT2D eigenvalue weighted by molar-refractivity contribution is -0.117. The normalized spacial score (nSPS) is 15.4. The number of hydrogen-bond acceptors (Lipinski definition) is 7. The van der Waals surface area contributed by atoms with Crippen molar-refractivity contribution in [1.82, 2.24) is 4.98 Å². The summed E-state index contributed by atoms with van der Waals surface area (Å²) in [5.41, 5.74) is 2.07. The van der Waals surface area contributed by atoms with E-state index >= 15 is 0 Å². The van der Waals surface area contributed by atoms with Gasteiger partial charge < -0.3 is 14.3 Å². The number of Topliss-reactive ketones (excluding diaryl/α,β-unsaturated/α-hetero) is 1. The molecule has 1 N–H and O–H groups in total. The molecule has 3 aromatic carbocycles. The van der Waals surface area contributed by atoms with Gasteiger partial charge in [-0.3, -0.25) is 14.5 Å². The van der Waals surface area contributed by atoms with Crippen LogP contribution in [0.15, 0.2) is 101 Å². The van der Waals surface area contributed by atoms with Gasteiger partial charge in [-0.25, -0.2) is 4.98 Å². The number of aliphatic hydroxyl groups excluding tert-OH is 1. The molecule has 7 nitrogen and oxygen atoms in total. The zero-order valence-corrected chi connectivity index (χ0v) is 22.2. The second-order valence-electron chi connectivity index (χ2n) is 9.01. The number of aliphatic hydroxyl groups is 1. The fourth-order valence-electron chi connectivity index (χ4n) is 4.53. The number of hydrogen-bond donors (Lipinski definition) is 1. The topological polar surface area (TPSA) is 92.9 Å². The number of ether oxygens (including phenoxy) is 1. The van der Waals surface area contributed by atoms with Crippen molar-refractivity contribution in [2.24, 2.45) is 0 Å². The van der Waals surface area contributed by atoms with Crippen molar-refractivity contribution in [1.29, 1.82) is 0 Å². The molecular weight excluding hydrogens is 536 g/mol. The molecular formula is C30H21ClN2O5S. The molecule has 9 heteroatoms. The Labute approximate surface area is 232 Å². The number of amides is 1. The van der Waals surface area contributed by atoms with Gasteiger partial charge in [0.25, 0.3) is 5.91 Å². The number of aryl methyl sites for hydroxylation is 1. The Morgan fingerprint density at radius 3 is 2.51 bits per heavy atom. The number of ketones is 1. The summed E-state index contributed by atoms with van der Waals surface area (Å²) in [5, 5.41) is 11.8. The number of rotatable bonds is 7. The fraction of sp³-hybridized carbons (Fsp3) is 0.100. The van der Waals surface area contributed by atoms with E-state index in [0.29, 0.717) is 39.4 Å². The zero-order valence-electron chi connectivity index (χ0n) is 20.6. The molecule has 1 unspecified atom stereocenters. The third-order valence-corrected chi connectivity index (χ3v) is 7.75. The highest BCUT2D eigenvalue weighted by Crippen LogP contribution is 2.45. The zero-order chi connectivity index (χ0) is 27.1. The summed E-state index contributed by atoms with van der Waals surface area (Å²) in [6.07, 6.45) is 0. The molecule has 5 aromatic rings. The number of fused-ring (bicyclic) bond motifs is 1. The molecule has 0 aliphatic carbocycles. The van der Waals surface area contributed by atoms with E-state index in [0.717, 1.165) is 10.3 Å². The first kappa shape index (κ1) is 24.9. The van der Waals surface area contributed by atoms with E-state index in [1.165, 1.54) is 22.3 Å². The molecule has 0 fully saturated rings. The highest BCUT2D eigenvalue weighted by Gasteiger charge is 2.46. The number of nitrogens with zero attached hydrogens (tertiary/aromatic N) is 2. The molecule has 194 valence electrons. The Hall–Kier alpha value is -4.40. The summed E-state index contributed by atoms with van der Waals surface area (Å²) in [6, 6.07) is 24.5. The maximum Gasteiger partial charge on any atom is 0.296 e. The van der Waals surface area contributed by atoms with E-state index in [2.05, 4.69) is 4.98 Å². The van der Waals surface area contributed by atoms with Gasteiger partial charge in [-0.15, -0.1) is 0 Å². The van der Waals surface area contributed by atoms with E-state index < -0.39 is 23.5 Å². The second kappa shape index (κ2) is 10.1. The van der Waals surface area contributed by atoms with E-state index in [4.69, 9.17) is 20.8 Å². The van der Waals surface area contributed by atoms with Crippen LogP contribution >= 0.6 is 22.9 Å². The lowest BCUT2D eigenvalue weighted by atomic mass is 9.95. The number of para-hydroxylation sites is 1. The van der Waals surface area contributed by atoms with Crippen molar-refractivity contribution in [2.45, 2.75) is 19.6 Å². The fourth-order valence-corrected chi connectivity index (χ4v) is 5.82. The molecule has 2 aromatic heterocycles. The first-order valence-electron chi connectivity index (χ1n) is 12.1. The highest BCUT2D eigenvalue weighted by atomic mass is 35.5. The Morgan fingerprint density at radius 1 is 1.05 bits per heavy atom. The SMILES string of the molecule is Cc1ccc(C(=O)C2=C(O)C(=O)N(c3nc4c(Cl)cccc4s3)C2c2ccc(OCc3ccccc3)cc2)o1. The van der Waals surface area contributed by atoms with E-state index in [1.807, 2.05) is 36.4 Å². The molecule has 1 aliphatic rings. The average molecular weight is 557 g/mol. The minimum absolute atomic E-state index is 0.0314. The van der Waals surface area contributed by atoms with E-state index in [1.54, 1.807) is 49.4 Å². The number of halogens is 1. The van der Waals surface area contributed by atoms with Crippen molar-refractivity contribution in [3.8, 4) is 5.75 Å². The van der Waals surface area contributed by atoms with Crippen LogP contribution in [0.4, 0.5) is 5.13 Å². The predicted molar refractivity (Wildman–Crippen MR) is 150 cm³/mol. The van der Waals surface area contributed by atoms with Crippen molar-refractivity contribution >= 4 is 50.0 Å². The van der Waals surface area contributed by atoms with Crippen LogP contribution in [0.25, 0.3) is 10.2 Å². The van der Waals surface area contributed by atoms with Gasteiger partial charge in [0.05, 0.1) is 21.3 Å². The van der Waals surface area contributed by atoms with E-state index in [-0.39, 0.29) is 11.3 Å². The predicted octanol–water partition coefficient (Wildman–Crippen LogP) is 7.21. The average Bonchev–Trinajstić information content (AvgIpc) is 3.65. The molecule has 1 aliphatic heterocycles. The lowest BCUT2D eigenvalue weighted by Gasteiger charge is -2.24. The number of anilines is 1. The standard InChI is InChI=1S/C30H21ClN2O5S/c1-17-10-15-22(38-17)27(34)24-26(19-11-13-20(14-12-19)37-16-18-6-3-2-4-7-18)33(29(36)28(24)35)30-32-25-21(31)8-5-9-23(25)39-30/h2-15,26,35H,16H2,1H3. The largest absolute Gasteiger partial charge is 0.503 e. The number of carbonyl (C=O) groups is 2. The number of benzene rings is 3. The summed E-state index contributed by atoms with van der Waals surface area (Å²) >= 11 is 7.60. The maximum absolute atomic E-state index is 13.6.